The van der Waals surface area contributed by atoms with Crippen LogP contribution >= 0.6 is 11.6 Å². The molecule has 0 amide bonds. The van der Waals surface area contributed by atoms with E-state index in [1.807, 2.05) is 6.07 Å². The van der Waals surface area contributed by atoms with Crippen molar-refractivity contribution in [3.63, 3.8) is 0 Å². The van der Waals surface area contributed by atoms with Gasteiger partial charge in [-0.25, -0.2) is 4.39 Å². The molecule has 2 atom stereocenters. The Morgan fingerprint density at radius 3 is 2.95 bits per heavy atom. The maximum atomic E-state index is 13.5. The maximum Gasteiger partial charge on any atom is 0.142 e. The second-order valence-electron chi connectivity index (χ2n) is 5.30. The van der Waals surface area contributed by atoms with Crippen LogP contribution in [0.25, 0.3) is 0 Å². The molecule has 1 aliphatic rings. The van der Waals surface area contributed by atoms with Crippen molar-refractivity contribution in [1.82, 2.24) is 5.32 Å². The van der Waals surface area contributed by atoms with Gasteiger partial charge in [0.05, 0.1) is 11.1 Å². The van der Waals surface area contributed by atoms with Crippen LogP contribution in [0.1, 0.15) is 25.8 Å². The molecule has 1 aromatic rings. The summed E-state index contributed by atoms with van der Waals surface area (Å²) in [5.74, 6) is -0.343. The van der Waals surface area contributed by atoms with Crippen LogP contribution in [0.5, 0.6) is 0 Å². The predicted octanol–water partition coefficient (Wildman–Crippen LogP) is 3.43. The van der Waals surface area contributed by atoms with E-state index >= 15 is 0 Å². The molecule has 1 heterocycles. The topological polar surface area (TPSA) is 21.3 Å². The summed E-state index contributed by atoms with van der Waals surface area (Å²) in [6.45, 7) is 6.74. The SMILES string of the molecule is CCNCC1(Cc2cccc(F)c2Cl)CCOC1C. The van der Waals surface area contributed by atoms with Gasteiger partial charge in [0.15, 0.2) is 0 Å². The van der Waals surface area contributed by atoms with E-state index in [1.54, 1.807) is 6.07 Å². The fraction of sp³-hybridized carbons (Fsp3) is 0.600. The van der Waals surface area contributed by atoms with Crippen LogP contribution in [0, 0.1) is 11.2 Å². The summed E-state index contributed by atoms with van der Waals surface area (Å²) in [7, 11) is 0. The number of nitrogens with one attached hydrogen (secondary N) is 1. The normalized spacial score (nSPS) is 26.8. The lowest BCUT2D eigenvalue weighted by Crippen LogP contribution is -2.41. The lowest BCUT2D eigenvalue weighted by atomic mass is 9.76. The summed E-state index contributed by atoms with van der Waals surface area (Å²) in [4.78, 5) is 0. The van der Waals surface area contributed by atoms with Crippen LogP contribution in [0.15, 0.2) is 18.2 Å². The molecule has 0 aliphatic carbocycles. The summed E-state index contributed by atoms with van der Waals surface area (Å²) in [6, 6.07) is 5.03. The van der Waals surface area contributed by atoms with Gasteiger partial charge in [0.2, 0.25) is 0 Å². The van der Waals surface area contributed by atoms with Crippen molar-refractivity contribution in [3.8, 4) is 0 Å². The van der Waals surface area contributed by atoms with Crippen molar-refractivity contribution in [1.29, 1.82) is 0 Å². The van der Waals surface area contributed by atoms with Crippen LogP contribution < -0.4 is 5.32 Å². The minimum absolute atomic E-state index is 0.00738. The molecule has 1 aromatic carbocycles. The van der Waals surface area contributed by atoms with Crippen molar-refractivity contribution >= 4 is 11.6 Å². The summed E-state index contributed by atoms with van der Waals surface area (Å²) < 4.78 is 19.3. The van der Waals surface area contributed by atoms with E-state index in [1.165, 1.54) is 6.07 Å². The first-order valence-electron chi connectivity index (χ1n) is 6.84. The van der Waals surface area contributed by atoms with Crippen molar-refractivity contribution in [2.24, 2.45) is 5.41 Å². The quantitative estimate of drug-likeness (QED) is 0.895. The van der Waals surface area contributed by atoms with Crippen LogP contribution in [0.4, 0.5) is 4.39 Å². The summed E-state index contributed by atoms with van der Waals surface area (Å²) in [5.41, 5.74) is 0.880. The molecule has 0 aromatic heterocycles. The molecule has 106 valence electrons. The zero-order valence-corrected chi connectivity index (χ0v) is 12.3. The van der Waals surface area contributed by atoms with Gasteiger partial charge in [-0.1, -0.05) is 30.7 Å². The molecule has 0 radical (unpaired) electrons. The van der Waals surface area contributed by atoms with Gasteiger partial charge < -0.3 is 10.1 Å². The van der Waals surface area contributed by atoms with Crippen LogP contribution in [0.2, 0.25) is 5.02 Å². The monoisotopic (exact) mass is 285 g/mol. The lowest BCUT2D eigenvalue weighted by molar-refractivity contribution is 0.0633. The molecule has 1 fully saturated rings. The minimum Gasteiger partial charge on any atom is -0.378 e. The van der Waals surface area contributed by atoms with Crippen molar-refractivity contribution in [3.05, 3.63) is 34.6 Å². The highest BCUT2D eigenvalue weighted by atomic mass is 35.5. The van der Waals surface area contributed by atoms with Gasteiger partial charge in [0.25, 0.3) is 0 Å². The van der Waals surface area contributed by atoms with Crippen LogP contribution in [-0.4, -0.2) is 25.8 Å². The van der Waals surface area contributed by atoms with Crippen molar-refractivity contribution in [2.45, 2.75) is 32.8 Å². The first-order valence-corrected chi connectivity index (χ1v) is 7.22. The Bertz CT molecular complexity index is 440. The molecule has 1 aliphatic heterocycles. The van der Waals surface area contributed by atoms with Gasteiger partial charge in [-0.05, 0) is 37.9 Å². The molecule has 1 N–H and O–H groups in total. The molecule has 2 unspecified atom stereocenters. The molecule has 4 heteroatoms. The van der Waals surface area contributed by atoms with Crippen LogP contribution in [-0.2, 0) is 11.2 Å². The molecule has 0 saturated carbocycles. The molecule has 2 rings (SSSR count). The summed E-state index contributed by atoms with van der Waals surface area (Å²) in [5, 5.41) is 3.65. The first-order chi connectivity index (χ1) is 9.09. The highest BCUT2D eigenvalue weighted by Crippen LogP contribution is 2.39. The van der Waals surface area contributed by atoms with Crippen LogP contribution in [0.3, 0.4) is 0 Å². The lowest BCUT2D eigenvalue weighted by Gasteiger charge is -2.33. The third kappa shape index (κ3) is 3.10. The zero-order chi connectivity index (χ0) is 13.9. The summed E-state index contributed by atoms with van der Waals surface area (Å²) >= 11 is 6.08. The maximum absolute atomic E-state index is 13.5. The molecule has 0 bridgehead atoms. The molecule has 19 heavy (non-hydrogen) atoms. The summed E-state index contributed by atoms with van der Waals surface area (Å²) in [6.07, 6.45) is 1.89. The number of benzene rings is 1. The minimum atomic E-state index is -0.343. The average Bonchev–Trinajstić information content (AvgIpc) is 2.75. The van der Waals surface area contributed by atoms with E-state index in [0.29, 0.717) is 0 Å². The fourth-order valence-electron chi connectivity index (χ4n) is 2.78. The Labute approximate surface area is 119 Å². The van der Waals surface area contributed by atoms with E-state index in [2.05, 4.69) is 19.2 Å². The number of rotatable bonds is 5. The molecular weight excluding hydrogens is 265 g/mol. The zero-order valence-electron chi connectivity index (χ0n) is 11.5. The van der Waals surface area contributed by atoms with Gasteiger partial charge >= 0.3 is 0 Å². The molecule has 1 saturated heterocycles. The van der Waals surface area contributed by atoms with E-state index in [9.17, 15) is 4.39 Å². The Hall–Kier alpha value is -0.640. The molecule has 2 nitrogen and oxygen atoms in total. The fourth-order valence-corrected chi connectivity index (χ4v) is 2.98. The van der Waals surface area contributed by atoms with Gasteiger partial charge in [0, 0.05) is 18.6 Å². The second-order valence-corrected chi connectivity index (χ2v) is 5.67. The van der Waals surface area contributed by atoms with E-state index in [4.69, 9.17) is 16.3 Å². The highest BCUT2D eigenvalue weighted by Gasteiger charge is 2.41. The number of hydrogen-bond acceptors (Lipinski definition) is 2. The van der Waals surface area contributed by atoms with E-state index in [0.717, 1.165) is 38.1 Å². The smallest absolute Gasteiger partial charge is 0.142 e. The highest BCUT2D eigenvalue weighted by molar-refractivity contribution is 6.31. The average molecular weight is 286 g/mol. The van der Waals surface area contributed by atoms with Gasteiger partial charge in [-0.2, -0.15) is 0 Å². The second kappa shape index (κ2) is 6.21. The number of halogens is 2. The third-order valence-corrected chi connectivity index (χ3v) is 4.55. The predicted molar refractivity (Wildman–Crippen MR) is 76.1 cm³/mol. The molecular formula is C15H21ClFNO. The van der Waals surface area contributed by atoms with Gasteiger partial charge in [0.1, 0.15) is 5.82 Å². The van der Waals surface area contributed by atoms with Gasteiger partial charge in [-0.3, -0.25) is 0 Å². The Balaban J connectivity index is 2.23. The number of ether oxygens (including phenoxy) is 1. The first kappa shape index (κ1) is 14.8. The Morgan fingerprint density at radius 2 is 2.32 bits per heavy atom. The molecule has 0 spiro atoms. The number of hydrogen-bond donors (Lipinski definition) is 1. The van der Waals surface area contributed by atoms with Gasteiger partial charge in [-0.15, -0.1) is 0 Å². The third-order valence-electron chi connectivity index (χ3n) is 4.13. The van der Waals surface area contributed by atoms with Crippen molar-refractivity contribution in [2.75, 3.05) is 19.7 Å². The Morgan fingerprint density at radius 1 is 1.53 bits per heavy atom. The standard InChI is InChI=1S/C15H21ClFNO/c1-3-18-10-15(7-8-19-11(15)2)9-12-5-4-6-13(17)14(12)16/h4-6,11,18H,3,7-10H2,1-2H3. The Kier molecular flexibility index (Phi) is 4.82. The largest absolute Gasteiger partial charge is 0.378 e. The van der Waals surface area contributed by atoms with E-state index in [-0.39, 0.29) is 22.4 Å². The van der Waals surface area contributed by atoms with Crippen molar-refractivity contribution < 1.29 is 9.13 Å². The van der Waals surface area contributed by atoms with E-state index < -0.39 is 0 Å².